The number of hydrogen-bond acceptors (Lipinski definition) is 3. The molecule has 5 heteroatoms. The number of sulfone groups is 1. The molecule has 1 fully saturated rings. The Morgan fingerprint density at radius 1 is 1.12 bits per heavy atom. The number of hydrogen-bond donors (Lipinski definition) is 2. The van der Waals surface area contributed by atoms with Crippen LogP contribution >= 0.6 is 0 Å². The average Bonchev–Trinajstić information content (AvgIpc) is 2.36. The number of aliphatic hydroxyl groups excluding tert-OH is 1. The van der Waals surface area contributed by atoms with E-state index in [-0.39, 0.29) is 17.5 Å². The lowest BCUT2D eigenvalue weighted by atomic mass is 10.1. The molecule has 2 atom stereocenters. The zero-order valence-corrected chi connectivity index (χ0v) is 12.1. The van der Waals surface area contributed by atoms with Gasteiger partial charge in [-0.05, 0) is 0 Å². The monoisotopic (exact) mass is 264 g/mol. The highest BCUT2D eigenvalue weighted by Gasteiger charge is 2.43. The average molecular weight is 264 g/mol. The van der Waals surface area contributed by atoms with Crippen LogP contribution in [0.2, 0.25) is 0 Å². The van der Waals surface area contributed by atoms with Crippen molar-refractivity contribution in [3.05, 3.63) is 0 Å². The summed E-state index contributed by atoms with van der Waals surface area (Å²) in [5.41, 5.74) is 0. The van der Waals surface area contributed by atoms with Gasteiger partial charge in [0.2, 0.25) is 0 Å². The Hall–Kier alpha value is -0.130. The highest BCUT2D eigenvalue weighted by Crippen LogP contribution is 2.10. The number of rotatable bonds is 5. The highest BCUT2D eigenvalue weighted by atomic mass is 32.2. The lowest BCUT2D eigenvalue weighted by Gasteiger charge is -2.29. The van der Waals surface area contributed by atoms with Gasteiger partial charge in [0.1, 0.15) is 17.9 Å². The summed E-state index contributed by atoms with van der Waals surface area (Å²) in [7, 11) is -3.03. The molecule has 102 valence electrons. The van der Waals surface area contributed by atoms with Gasteiger partial charge >= 0.3 is 0 Å². The lowest BCUT2D eigenvalue weighted by Crippen LogP contribution is -3.18. The molecule has 4 nitrogen and oxygen atoms in total. The van der Waals surface area contributed by atoms with Crippen molar-refractivity contribution in [2.45, 2.75) is 39.8 Å². The third-order valence-electron chi connectivity index (χ3n) is 3.19. The second-order valence-corrected chi connectivity index (χ2v) is 8.26. The van der Waals surface area contributed by atoms with Gasteiger partial charge in [0.15, 0.2) is 9.84 Å². The molecule has 0 amide bonds. The van der Waals surface area contributed by atoms with Crippen molar-refractivity contribution in [1.82, 2.24) is 0 Å². The molecule has 0 aromatic carbocycles. The molecule has 1 saturated heterocycles. The number of quaternary nitrogens is 1. The van der Waals surface area contributed by atoms with Gasteiger partial charge in [0, 0.05) is 11.8 Å². The molecule has 1 rings (SSSR count). The molecule has 0 aliphatic carbocycles. The molecule has 2 N–H and O–H groups in total. The Morgan fingerprint density at radius 3 is 1.88 bits per heavy atom. The summed E-state index contributed by atoms with van der Waals surface area (Å²) in [6.45, 7) is 10.4. The van der Waals surface area contributed by atoms with E-state index in [1.165, 1.54) is 4.90 Å². The van der Waals surface area contributed by atoms with E-state index in [1.807, 2.05) is 0 Å². The second-order valence-electron chi connectivity index (χ2n) is 6.10. The summed E-state index contributed by atoms with van der Waals surface area (Å²) >= 11 is 0. The van der Waals surface area contributed by atoms with Crippen LogP contribution in [-0.2, 0) is 9.84 Å². The fourth-order valence-electron chi connectivity index (χ4n) is 2.65. The molecule has 0 aromatic rings. The van der Waals surface area contributed by atoms with Crippen LogP contribution in [0.5, 0.6) is 0 Å². The van der Waals surface area contributed by atoms with E-state index in [2.05, 4.69) is 27.7 Å². The summed E-state index contributed by atoms with van der Waals surface area (Å²) < 4.78 is 23.1. The zero-order valence-electron chi connectivity index (χ0n) is 11.3. The Labute approximate surface area is 105 Å². The van der Waals surface area contributed by atoms with Crippen molar-refractivity contribution in [1.29, 1.82) is 0 Å². The van der Waals surface area contributed by atoms with Gasteiger partial charge in [0.05, 0.1) is 18.8 Å². The molecule has 1 aliphatic rings. The van der Waals surface area contributed by atoms with Gasteiger partial charge in [-0.2, -0.15) is 0 Å². The van der Waals surface area contributed by atoms with Crippen LogP contribution in [-0.4, -0.2) is 50.3 Å². The van der Waals surface area contributed by atoms with Crippen LogP contribution in [0.25, 0.3) is 0 Å². The maximum atomic E-state index is 11.6. The maximum absolute atomic E-state index is 11.6. The summed E-state index contributed by atoms with van der Waals surface area (Å²) in [6.07, 6.45) is -0.688. The third-order valence-corrected chi connectivity index (χ3v) is 4.90. The normalized spacial score (nSPS) is 28.5. The van der Waals surface area contributed by atoms with Crippen molar-refractivity contribution in [2.75, 3.05) is 24.6 Å². The third kappa shape index (κ3) is 4.56. The Balaban J connectivity index is 2.76. The fraction of sp³-hybridized carbons (Fsp3) is 1.00. The van der Waals surface area contributed by atoms with Crippen molar-refractivity contribution >= 4 is 9.84 Å². The Morgan fingerprint density at radius 2 is 1.59 bits per heavy atom. The van der Waals surface area contributed by atoms with Gasteiger partial charge in [-0.3, -0.25) is 0 Å². The second kappa shape index (κ2) is 5.67. The van der Waals surface area contributed by atoms with Gasteiger partial charge in [-0.25, -0.2) is 8.42 Å². The smallest absolute Gasteiger partial charge is 0.159 e. The van der Waals surface area contributed by atoms with Crippen molar-refractivity contribution < 1.29 is 18.4 Å². The molecule has 0 unspecified atom stereocenters. The van der Waals surface area contributed by atoms with E-state index in [9.17, 15) is 13.5 Å². The topological polar surface area (TPSA) is 58.8 Å². The van der Waals surface area contributed by atoms with E-state index in [0.29, 0.717) is 11.8 Å². The minimum absolute atomic E-state index is 0.0582. The molecule has 0 aromatic heterocycles. The first-order valence-corrected chi connectivity index (χ1v) is 8.26. The fourth-order valence-corrected chi connectivity index (χ4v) is 4.55. The van der Waals surface area contributed by atoms with Crippen LogP contribution in [0.4, 0.5) is 0 Å². The Bertz CT molecular complexity index is 328. The summed E-state index contributed by atoms with van der Waals surface area (Å²) in [4.78, 5) is 1.24. The summed E-state index contributed by atoms with van der Waals surface area (Å²) in [6, 6.07) is -0.134. The minimum atomic E-state index is -3.03. The largest absolute Gasteiger partial charge is 0.386 e. The molecule has 1 heterocycles. The van der Waals surface area contributed by atoms with E-state index < -0.39 is 15.9 Å². The van der Waals surface area contributed by atoms with Crippen molar-refractivity contribution in [3.63, 3.8) is 0 Å². The SMILES string of the molecule is CC(C)C[NH+](CC(C)C)[C@H]1CS(=O)(=O)C[C@H]1O. The Kier molecular flexibility index (Phi) is 4.98. The van der Waals surface area contributed by atoms with E-state index in [0.717, 1.165) is 13.1 Å². The molecule has 0 radical (unpaired) electrons. The zero-order chi connectivity index (χ0) is 13.2. The molecule has 17 heavy (non-hydrogen) atoms. The predicted octanol–water partition coefficient (Wildman–Crippen LogP) is -0.659. The molecular formula is C12H26NO3S+. The van der Waals surface area contributed by atoms with Crippen LogP contribution < -0.4 is 4.90 Å². The standard InChI is InChI=1S/C12H25NO3S/c1-9(2)5-13(6-10(3)4)11-7-17(15,16)8-12(11)14/h9-12,14H,5-8H2,1-4H3/p+1/t11-,12+/m0/s1. The number of aliphatic hydroxyl groups is 1. The predicted molar refractivity (Wildman–Crippen MR) is 68.8 cm³/mol. The van der Waals surface area contributed by atoms with E-state index in [4.69, 9.17) is 0 Å². The van der Waals surface area contributed by atoms with Crippen LogP contribution in [0.15, 0.2) is 0 Å². The first kappa shape index (κ1) is 14.9. The quantitative estimate of drug-likeness (QED) is 0.693. The van der Waals surface area contributed by atoms with E-state index in [1.54, 1.807) is 0 Å². The molecule has 1 aliphatic heterocycles. The summed E-state index contributed by atoms with van der Waals surface area (Å²) in [5, 5.41) is 9.92. The van der Waals surface area contributed by atoms with Gasteiger partial charge in [-0.15, -0.1) is 0 Å². The van der Waals surface area contributed by atoms with Crippen LogP contribution in [0, 0.1) is 11.8 Å². The van der Waals surface area contributed by atoms with Crippen LogP contribution in [0.3, 0.4) is 0 Å². The first-order chi connectivity index (χ1) is 7.71. The number of nitrogens with one attached hydrogen (secondary N) is 1. The van der Waals surface area contributed by atoms with Gasteiger partial charge < -0.3 is 10.0 Å². The summed E-state index contributed by atoms with van der Waals surface area (Å²) in [5.74, 6) is 1.11. The molecular weight excluding hydrogens is 238 g/mol. The first-order valence-electron chi connectivity index (χ1n) is 6.44. The molecule has 0 spiro atoms. The van der Waals surface area contributed by atoms with Gasteiger partial charge in [-0.1, -0.05) is 27.7 Å². The van der Waals surface area contributed by atoms with Crippen LogP contribution in [0.1, 0.15) is 27.7 Å². The molecule has 0 bridgehead atoms. The lowest BCUT2D eigenvalue weighted by molar-refractivity contribution is -0.931. The maximum Gasteiger partial charge on any atom is 0.159 e. The van der Waals surface area contributed by atoms with Gasteiger partial charge in [0.25, 0.3) is 0 Å². The van der Waals surface area contributed by atoms with E-state index >= 15 is 0 Å². The van der Waals surface area contributed by atoms with Crippen molar-refractivity contribution in [2.24, 2.45) is 11.8 Å². The van der Waals surface area contributed by atoms with Crippen molar-refractivity contribution in [3.8, 4) is 0 Å². The minimum Gasteiger partial charge on any atom is -0.386 e. The molecule has 0 saturated carbocycles. The highest BCUT2D eigenvalue weighted by molar-refractivity contribution is 7.91.